The fourth-order valence-corrected chi connectivity index (χ4v) is 8.13. The van der Waals surface area contributed by atoms with Crippen molar-refractivity contribution in [3.05, 3.63) is 150 Å². The minimum Gasteiger partial charge on any atom is -0.294 e. The van der Waals surface area contributed by atoms with Gasteiger partial charge in [-0.2, -0.15) is 0 Å². The molecule has 0 spiro atoms. The third-order valence-electron chi connectivity index (χ3n) is 10.2. The van der Waals surface area contributed by atoms with Gasteiger partial charge in [0.1, 0.15) is 5.65 Å². The number of pyridine rings is 1. The number of benzene rings is 5. The molecule has 0 radical (unpaired) electrons. The number of aryl methyl sites for hydroxylation is 3. The van der Waals surface area contributed by atoms with E-state index < -0.39 is 0 Å². The smallest absolute Gasteiger partial charge is 0.220 e. The van der Waals surface area contributed by atoms with Gasteiger partial charge in [-0.05, 0) is 83.8 Å². The molecular formula is C45H39N5. The van der Waals surface area contributed by atoms with Crippen molar-refractivity contribution in [2.45, 2.75) is 47.0 Å². The Balaban J connectivity index is 1.46. The molecule has 0 fully saturated rings. The number of nitrogens with zero attached hydrogens (tertiary/aromatic N) is 5. The zero-order valence-electron chi connectivity index (χ0n) is 29.4. The number of fused-ring (bicyclic) bond motifs is 6. The van der Waals surface area contributed by atoms with Gasteiger partial charge in [-0.1, -0.05) is 112 Å². The van der Waals surface area contributed by atoms with Gasteiger partial charge >= 0.3 is 0 Å². The lowest BCUT2D eigenvalue weighted by molar-refractivity contribution is 0.601. The molecule has 0 saturated heterocycles. The third kappa shape index (κ3) is 4.39. The fourth-order valence-electron chi connectivity index (χ4n) is 8.13. The van der Waals surface area contributed by atoms with Crippen LogP contribution in [-0.2, 0) is 5.41 Å². The average molecular weight is 650 g/mol. The Hall–Kier alpha value is -5.94. The van der Waals surface area contributed by atoms with Crippen molar-refractivity contribution in [2.75, 3.05) is 0 Å². The number of para-hydroxylation sites is 3. The maximum absolute atomic E-state index is 5.73. The van der Waals surface area contributed by atoms with Crippen molar-refractivity contribution in [2.24, 2.45) is 0 Å². The van der Waals surface area contributed by atoms with Crippen LogP contribution in [0.4, 0.5) is 0 Å². The van der Waals surface area contributed by atoms with Gasteiger partial charge in [-0.15, -0.1) is 0 Å². The highest BCUT2D eigenvalue weighted by Crippen LogP contribution is 2.45. The second-order valence-electron chi connectivity index (χ2n) is 14.5. The summed E-state index contributed by atoms with van der Waals surface area (Å²) in [7, 11) is 0. The van der Waals surface area contributed by atoms with E-state index in [1.807, 2.05) is 6.20 Å². The largest absolute Gasteiger partial charge is 0.294 e. The van der Waals surface area contributed by atoms with Crippen molar-refractivity contribution in [1.82, 2.24) is 23.7 Å². The fraction of sp³-hybridized carbons (Fsp3) is 0.156. The summed E-state index contributed by atoms with van der Waals surface area (Å²) in [6.07, 6.45) is 3.97. The molecule has 0 atom stereocenters. The summed E-state index contributed by atoms with van der Waals surface area (Å²) in [5, 5.41) is 4.75. The summed E-state index contributed by atoms with van der Waals surface area (Å²) in [6.45, 7) is 13.5. The molecule has 0 unspecified atom stereocenters. The van der Waals surface area contributed by atoms with Gasteiger partial charge < -0.3 is 0 Å². The maximum atomic E-state index is 5.73. The van der Waals surface area contributed by atoms with Crippen LogP contribution < -0.4 is 0 Å². The van der Waals surface area contributed by atoms with Crippen LogP contribution in [0.2, 0.25) is 0 Å². The van der Waals surface area contributed by atoms with E-state index >= 15 is 0 Å². The molecule has 5 aromatic carbocycles. The second-order valence-corrected chi connectivity index (χ2v) is 14.5. The van der Waals surface area contributed by atoms with E-state index in [2.05, 4.69) is 177 Å². The lowest BCUT2D eigenvalue weighted by Crippen LogP contribution is -2.14. The Morgan fingerprint density at radius 3 is 1.84 bits per heavy atom. The van der Waals surface area contributed by atoms with Crippen LogP contribution in [-0.4, -0.2) is 23.7 Å². The zero-order valence-corrected chi connectivity index (χ0v) is 29.4. The Morgan fingerprint density at radius 1 is 0.580 bits per heavy atom. The van der Waals surface area contributed by atoms with E-state index in [0.717, 1.165) is 39.7 Å². The van der Waals surface area contributed by atoms with Crippen molar-refractivity contribution in [1.29, 1.82) is 0 Å². The predicted molar refractivity (Wildman–Crippen MR) is 208 cm³/mol. The SMILES string of the molecule is Cc1ccccc1-c1cccc(-n2c3ccccc3c3c(C(C)(C)C)c4c5ccccc5n(-c5nccn5-c5c(C)cccc5C)c4nc32)c1. The van der Waals surface area contributed by atoms with Gasteiger partial charge in [0.2, 0.25) is 5.95 Å². The van der Waals surface area contributed by atoms with Crippen LogP contribution in [0, 0.1) is 20.8 Å². The first-order valence-corrected chi connectivity index (χ1v) is 17.4. The summed E-state index contributed by atoms with van der Waals surface area (Å²) in [4.78, 5) is 10.8. The van der Waals surface area contributed by atoms with E-state index in [9.17, 15) is 0 Å². The van der Waals surface area contributed by atoms with E-state index in [-0.39, 0.29) is 5.41 Å². The first-order chi connectivity index (χ1) is 24.2. The third-order valence-corrected chi connectivity index (χ3v) is 10.2. The van der Waals surface area contributed by atoms with Crippen molar-refractivity contribution in [3.8, 4) is 28.5 Å². The number of hydrogen-bond donors (Lipinski definition) is 0. The van der Waals surface area contributed by atoms with Gasteiger partial charge in [-0.25, -0.2) is 9.97 Å². The van der Waals surface area contributed by atoms with Gasteiger partial charge in [0, 0.05) is 39.6 Å². The first kappa shape index (κ1) is 30.1. The highest BCUT2D eigenvalue weighted by molar-refractivity contribution is 6.20. The lowest BCUT2D eigenvalue weighted by atomic mass is 9.82. The zero-order chi connectivity index (χ0) is 34.3. The second kappa shape index (κ2) is 11.0. The van der Waals surface area contributed by atoms with Crippen LogP contribution >= 0.6 is 0 Å². The molecule has 5 heteroatoms. The van der Waals surface area contributed by atoms with Crippen LogP contribution in [0.25, 0.3) is 72.3 Å². The molecule has 0 aliphatic rings. The number of rotatable bonds is 4. The molecule has 0 aliphatic carbocycles. The summed E-state index contributed by atoms with van der Waals surface area (Å²) in [5.41, 5.74) is 13.5. The summed E-state index contributed by atoms with van der Waals surface area (Å²) >= 11 is 0. The molecule has 4 heterocycles. The molecule has 9 rings (SSSR count). The van der Waals surface area contributed by atoms with E-state index in [4.69, 9.17) is 9.97 Å². The number of imidazole rings is 1. The van der Waals surface area contributed by atoms with Gasteiger partial charge in [0.05, 0.1) is 16.7 Å². The first-order valence-electron chi connectivity index (χ1n) is 17.4. The molecule has 244 valence electrons. The molecule has 50 heavy (non-hydrogen) atoms. The van der Waals surface area contributed by atoms with Gasteiger partial charge in [0.25, 0.3) is 0 Å². The Kier molecular flexibility index (Phi) is 6.66. The number of hydrogen-bond acceptors (Lipinski definition) is 2. The van der Waals surface area contributed by atoms with E-state index in [1.54, 1.807) is 0 Å². The monoisotopic (exact) mass is 649 g/mol. The molecule has 0 N–H and O–H groups in total. The van der Waals surface area contributed by atoms with Gasteiger partial charge in [-0.3, -0.25) is 13.7 Å². The van der Waals surface area contributed by atoms with Crippen LogP contribution in [0.1, 0.15) is 43.0 Å². The average Bonchev–Trinajstić information content (AvgIpc) is 3.79. The molecule has 0 aliphatic heterocycles. The summed E-state index contributed by atoms with van der Waals surface area (Å²) < 4.78 is 6.86. The Bertz CT molecular complexity index is 2760. The van der Waals surface area contributed by atoms with Gasteiger partial charge in [0.15, 0.2) is 5.65 Å². The Morgan fingerprint density at radius 2 is 1.16 bits per heavy atom. The predicted octanol–water partition coefficient (Wildman–Crippen LogP) is 11.4. The van der Waals surface area contributed by atoms with Crippen LogP contribution in [0.3, 0.4) is 0 Å². The summed E-state index contributed by atoms with van der Waals surface area (Å²) in [6, 6.07) is 41.4. The maximum Gasteiger partial charge on any atom is 0.220 e. The molecule has 4 aromatic heterocycles. The van der Waals surface area contributed by atoms with Crippen molar-refractivity contribution < 1.29 is 0 Å². The topological polar surface area (TPSA) is 40.6 Å². The highest BCUT2D eigenvalue weighted by atomic mass is 15.3. The van der Waals surface area contributed by atoms with Crippen LogP contribution in [0.15, 0.2) is 128 Å². The van der Waals surface area contributed by atoms with E-state index in [0.29, 0.717) is 0 Å². The molecule has 5 nitrogen and oxygen atoms in total. The number of aromatic nitrogens is 5. The minimum atomic E-state index is -0.200. The Labute approximate surface area is 292 Å². The minimum absolute atomic E-state index is 0.200. The molecule has 9 aromatic rings. The standard InChI is InChI=1S/C45H39N5/c1-28-15-7-8-20-33(28)31-18-14-19-32(27-31)49-36-23-11-9-21-34(36)38-40(45(4,5)6)39-35-22-10-12-24-37(35)50(43(39)47-42(38)49)44-46-25-26-48(44)41-29(2)16-13-17-30(41)3/h7-27H,1-6H3. The quantitative estimate of drug-likeness (QED) is 0.190. The van der Waals surface area contributed by atoms with Crippen LogP contribution in [0.5, 0.6) is 0 Å². The highest BCUT2D eigenvalue weighted by Gasteiger charge is 2.30. The summed E-state index contributed by atoms with van der Waals surface area (Å²) in [5.74, 6) is 0.824. The normalized spacial score (nSPS) is 12.2. The van der Waals surface area contributed by atoms with Crippen molar-refractivity contribution in [3.63, 3.8) is 0 Å². The molecule has 0 amide bonds. The van der Waals surface area contributed by atoms with Crippen molar-refractivity contribution >= 4 is 43.9 Å². The lowest BCUT2D eigenvalue weighted by Gasteiger charge is -2.22. The molecule has 0 saturated carbocycles. The molecule has 0 bridgehead atoms. The molecular weight excluding hydrogens is 611 g/mol. The van der Waals surface area contributed by atoms with E-state index in [1.165, 1.54) is 54.9 Å².